The summed E-state index contributed by atoms with van der Waals surface area (Å²) in [5, 5.41) is 0. The Hall–Kier alpha value is -0.500. The maximum atomic E-state index is 5.78. The lowest BCUT2D eigenvalue weighted by Gasteiger charge is -2.24. The molecular weight excluding hydrogens is 288 g/mol. The highest BCUT2D eigenvalue weighted by molar-refractivity contribution is 9.09. The maximum absolute atomic E-state index is 5.78. The van der Waals surface area contributed by atoms with Crippen molar-refractivity contribution in [1.29, 1.82) is 0 Å². The number of hydrogen-bond donors (Lipinski definition) is 0. The molecule has 1 nitrogen and oxygen atoms in total. The van der Waals surface area contributed by atoms with Gasteiger partial charge in [0.1, 0.15) is 5.75 Å². The summed E-state index contributed by atoms with van der Waals surface area (Å²) in [5.74, 6) is 2.60. The molecule has 2 rings (SSSR count). The van der Waals surface area contributed by atoms with Crippen LogP contribution in [0.4, 0.5) is 0 Å². The van der Waals surface area contributed by atoms with E-state index in [1.807, 2.05) is 6.92 Å². The molecule has 18 heavy (non-hydrogen) atoms. The number of aryl methyl sites for hydroxylation is 1. The van der Waals surface area contributed by atoms with E-state index < -0.39 is 0 Å². The average molecular weight is 311 g/mol. The van der Waals surface area contributed by atoms with Crippen molar-refractivity contribution in [2.45, 2.75) is 44.9 Å². The molecule has 1 fully saturated rings. The van der Waals surface area contributed by atoms with Crippen LogP contribution in [0.15, 0.2) is 18.2 Å². The molecule has 0 amide bonds. The topological polar surface area (TPSA) is 9.23 Å². The quantitative estimate of drug-likeness (QED) is 0.689. The average Bonchev–Trinajstić information content (AvgIpc) is 2.77. The van der Waals surface area contributed by atoms with Gasteiger partial charge in [-0.25, -0.2) is 0 Å². The van der Waals surface area contributed by atoms with E-state index in [9.17, 15) is 0 Å². The summed E-state index contributed by atoms with van der Waals surface area (Å²) in [6, 6.07) is 6.52. The number of rotatable bonds is 4. The summed E-state index contributed by atoms with van der Waals surface area (Å²) < 4.78 is 5.78. The molecule has 0 bridgehead atoms. The van der Waals surface area contributed by atoms with Gasteiger partial charge in [0.2, 0.25) is 0 Å². The van der Waals surface area contributed by atoms with Gasteiger partial charge in [0.25, 0.3) is 0 Å². The van der Waals surface area contributed by atoms with Gasteiger partial charge >= 0.3 is 0 Å². The van der Waals surface area contributed by atoms with Gasteiger partial charge in [-0.1, -0.05) is 53.4 Å². The summed E-state index contributed by atoms with van der Waals surface area (Å²) in [6.07, 6.45) is 4.06. The van der Waals surface area contributed by atoms with E-state index in [0.717, 1.165) is 24.2 Å². The molecule has 0 spiro atoms. The van der Waals surface area contributed by atoms with Crippen molar-refractivity contribution in [3.05, 3.63) is 29.3 Å². The molecule has 3 atom stereocenters. The van der Waals surface area contributed by atoms with Crippen LogP contribution in [-0.4, -0.2) is 6.61 Å². The molecule has 1 aromatic carbocycles. The minimum atomic E-state index is 0.427. The summed E-state index contributed by atoms with van der Waals surface area (Å²) in [6.45, 7) is 7.31. The second kappa shape index (κ2) is 6.10. The highest BCUT2D eigenvalue weighted by atomic mass is 79.9. The first-order chi connectivity index (χ1) is 8.63. The fourth-order valence-electron chi connectivity index (χ4n) is 3.01. The maximum Gasteiger partial charge on any atom is 0.123 e. The summed E-state index contributed by atoms with van der Waals surface area (Å²) in [5.41, 5.74) is 2.64. The van der Waals surface area contributed by atoms with Crippen LogP contribution < -0.4 is 4.74 Å². The van der Waals surface area contributed by atoms with E-state index in [0.29, 0.717) is 4.83 Å². The molecule has 3 unspecified atom stereocenters. The molecule has 1 saturated carbocycles. The number of halogens is 1. The largest absolute Gasteiger partial charge is 0.494 e. The van der Waals surface area contributed by atoms with E-state index in [1.165, 1.54) is 30.4 Å². The molecule has 1 aliphatic carbocycles. The van der Waals surface area contributed by atoms with Crippen LogP contribution in [0.3, 0.4) is 0 Å². The molecule has 0 saturated heterocycles. The molecule has 100 valence electrons. The fourth-order valence-corrected chi connectivity index (χ4v) is 4.15. The van der Waals surface area contributed by atoms with Gasteiger partial charge in [-0.05, 0) is 38.2 Å². The lowest BCUT2D eigenvalue weighted by molar-refractivity contribution is 0.330. The van der Waals surface area contributed by atoms with Gasteiger partial charge < -0.3 is 4.74 Å². The minimum absolute atomic E-state index is 0.427. The predicted octanol–water partition coefficient (Wildman–Crippen LogP) is 5.27. The zero-order chi connectivity index (χ0) is 13.1. The SMILES string of the molecule is CCOc1ccc(C)cc1C(Br)C1CCCC1C. The third kappa shape index (κ3) is 2.90. The van der Waals surface area contributed by atoms with E-state index in [4.69, 9.17) is 4.74 Å². The second-order valence-electron chi connectivity index (χ2n) is 5.45. The van der Waals surface area contributed by atoms with E-state index >= 15 is 0 Å². The predicted molar refractivity (Wildman–Crippen MR) is 80.5 cm³/mol. The van der Waals surface area contributed by atoms with Crippen molar-refractivity contribution in [2.75, 3.05) is 6.61 Å². The zero-order valence-electron chi connectivity index (χ0n) is 11.6. The molecule has 1 aliphatic rings. The van der Waals surface area contributed by atoms with Crippen molar-refractivity contribution >= 4 is 15.9 Å². The van der Waals surface area contributed by atoms with E-state index in [2.05, 4.69) is 48.0 Å². The molecule has 1 aromatic rings. The lowest BCUT2D eigenvalue weighted by atomic mass is 9.90. The van der Waals surface area contributed by atoms with Crippen LogP contribution in [0.1, 0.15) is 49.1 Å². The van der Waals surface area contributed by atoms with E-state index in [1.54, 1.807) is 0 Å². The van der Waals surface area contributed by atoms with Crippen molar-refractivity contribution < 1.29 is 4.74 Å². The first-order valence-corrected chi connectivity index (χ1v) is 7.92. The number of alkyl halides is 1. The highest BCUT2D eigenvalue weighted by Crippen LogP contribution is 2.47. The summed E-state index contributed by atoms with van der Waals surface area (Å²) in [4.78, 5) is 0.427. The molecule has 2 heteroatoms. The smallest absolute Gasteiger partial charge is 0.123 e. The van der Waals surface area contributed by atoms with Gasteiger partial charge in [-0.2, -0.15) is 0 Å². The van der Waals surface area contributed by atoms with Crippen LogP contribution in [0.2, 0.25) is 0 Å². The van der Waals surface area contributed by atoms with Gasteiger partial charge in [0.15, 0.2) is 0 Å². The summed E-state index contributed by atoms with van der Waals surface area (Å²) in [7, 11) is 0. The molecule has 0 radical (unpaired) electrons. The van der Waals surface area contributed by atoms with Gasteiger partial charge in [0, 0.05) is 10.4 Å². The van der Waals surface area contributed by atoms with Crippen LogP contribution in [0.25, 0.3) is 0 Å². The lowest BCUT2D eigenvalue weighted by Crippen LogP contribution is -2.12. The van der Waals surface area contributed by atoms with Crippen molar-refractivity contribution in [3.63, 3.8) is 0 Å². The van der Waals surface area contributed by atoms with Crippen molar-refractivity contribution in [1.82, 2.24) is 0 Å². The molecule has 0 aromatic heterocycles. The van der Waals surface area contributed by atoms with Crippen LogP contribution >= 0.6 is 15.9 Å². The Balaban J connectivity index is 2.27. The van der Waals surface area contributed by atoms with Crippen LogP contribution in [0, 0.1) is 18.8 Å². The molecule has 0 heterocycles. The zero-order valence-corrected chi connectivity index (χ0v) is 13.2. The fraction of sp³-hybridized carbons (Fsp3) is 0.625. The Kier molecular flexibility index (Phi) is 4.71. The Bertz CT molecular complexity index is 402. The normalized spacial score (nSPS) is 25.1. The third-order valence-corrected chi connectivity index (χ3v) is 5.24. The second-order valence-corrected chi connectivity index (χ2v) is 6.43. The molecule has 0 N–H and O–H groups in total. The monoisotopic (exact) mass is 310 g/mol. The number of benzene rings is 1. The molecule has 0 aliphatic heterocycles. The number of ether oxygens (including phenoxy) is 1. The van der Waals surface area contributed by atoms with Crippen LogP contribution in [0.5, 0.6) is 5.75 Å². The minimum Gasteiger partial charge on any atom is -0.494 e. The van der Waals surface area contributed by atoms with E-state index in [-0.39, 0.29) is 0 Å². The Labute approximate surface area is 119 Å². The Morgan fingerprint density at radius 3 is 2.78 bits per heavy atom. The molecular formula is C16H23BrO. The third-order valence-electron chi connectivity index (χ3n) is 4.07. The van der Waals surface area contributed by atoms with Crippen molar-refractivity contribution in [3.8, 4) is 5.75 Å². The first kappa shape index (κ1) is 13.9. The Morgan fingerprint density at radius 2 is 2.17 bits per heavy atom. The van der Waals surface area contributed by atoms with Crippen LogP contribution in [-0.2, 0) is 0 Å². The van der Waals surface area contributed by atoms with Gasteiger partial charge in [-0.3, -0.25) is 0 Å². The first-order valence-electron chi connectivity index (χ1n) is 7.01. The summed E-state index contributed by atoms with van der Waals surface area (Å²) >= 11 is 3.93. The Morgan fingerprint density at radius 1 is 1.39 bits per heavy atom. The van der Waals surface area contributed by atoms with Crippen molar-refractivity contribution in [2.24, 2.45) is 11.8 Å². The standard InChI is InChI=1S/C16H23BrO/c1-4-18-15-9-8-11(2)10-14(15)16(17)13-7-5-6-12(13)3/h8-10,12-13,16H,4-7H2,1-3H3. The van der Waals surface area contributed by atoms with Gasteiger partial charge in [0.05, 0.1) is 6.61 Å². The highest BCUT2D eigenvalue weighted by Gasteiger charge is 2.31. The number of hydrogen-bond acceptors (Lipinski definition) is 1. The van der Waals surface area contributed by atoms with Gasteiger partial charge in [-0.15, -0.1) is 0 Å².